The summed E-state index contributed by atoms with van der Waals surface area (Å²) in [6.07, 6.45) is 18.6. The van der Waals surface area contributed by atoms with Gasteiger partial charge in [-0.1, -0.05) is 55.3 Å². The molecule has 1 aromatic carbocycles. The number of hydrogen-bond donors (Lipinski definition) is 0. The van der Waals surface area contributed by atoms with Crippen molar-refractivity contribution in [3.63, 3.8) is 0 Å². The van der Waals surface area contributed by atoms with Crippen LogP contribution >= 0.6 is 0 Å². The zero-order chi connectivity index (χ0) is 20.6. The summed E-state index contributed by atoms with van der Waals surface area (Å²) < 4.78 is 5.30. The summed E-state index contributed by atoms with van der Waals surface area (Å²) >= 11 is 0. The lowest BCUT2D eigenvalue weighted by atomic mass is 9.50. The fourth-order valence-electron chi connectivity index (χ4n) is 7.61. The largest absolute Gasteiger partial charge is 0.372 e. The van der Waals surface area contributed by atoms with Crippen LogP contribution in [0.3, 0.4) is 0 Å². The van der Waals surface area contributed by atoms with Crippen LogP contribution in [-0.4, -0.2) is 5.97 Å². The normalized spacial score (nSPS) is 39.1. The van der Waals surface area contributed by atoms with Crippen LogP contribution in [0.2, 0.25) is 0 Å². The Kier molecular flexibility index (Phi) is 5.48. The second-order valence-electron chi connectivity index (χ2n) is 10.4. The maximum Gasteiger partial charge on any atom is 0.324 e. The van der Waals surface area contributed by atoms with Crippen LogP contribution in [-0.2, 0) is 16.0 Å². The number of allylic oxidation sites excluding steroid dienone is 2. The molecule has 0 aromatic heterocycles. The van der Waals surface area contributed by atoms with Crippen molar-refractivity contribution in [3.05, 3.63) is 48.0 Å². The Bertz CT molecular complexity index is 860. The molecule has 7 atom stereocenters. The van der Waals surface area contributed by atoms with Gasteiger partial charge in [-0.2, -0.15) is 0 Å². The van der Waals surface area contributed by atoms with Gasteiger partial charge in [0.15, 0.2) is 0 Å². The molecule has 0 amide bonds. The first-order valence-corrected chi connectivity index (χ1v) is 12.0. The van der Waals surface area contributed by atoms with E-state index in [1.54, 1.807) is 0 Å². The summed E-state index contributed by atoms with van der Waals surface area (Å²) in [6, 6.07) is 9.75. The van der Waals surface area contributed by atoms with E-state index in [2.05, 4.69) is 31.1 Å². The molecule has 0 spiro atoms. The fraction of sp³-hybridized carbons (Fsp3) is 0.607. The maximum atomic E-state index is 12.1. The molecule has 0 heterocycles. The van der Waals surface area contributed by atoms with Gasteiger partial charge in [0, 0.05) is 5.92 Å². The number of ether oxygens (including phenoxy) is 1. The molecule has 0 radical (unpaired) electrons. The van der Waals surface area contributed by atoms with Gasteiger partial charge < -0.3 is 4.74 Å². The number of benzene rings is 1. The third kappa shape index (κ3) is 3.62. The first-order valence-electron chi connectivity index (χ1n) is 12.0. The van der Waals surface area contributed by atoms with Crippen molar-refractivity contribution in [2.75, 3.05) is 0 Å². The highest BCUT2D eigenvalue weighted by Gasteiger charge is 2.56. The van der Waals surface area contributed by atoms with E-state index < -0.39 is 0 Å². The van der Waals surface area contributed by atoms with Gasteiger partial charge in [0.05, 0.1) is 6.42 Å². The molecule has 30 heavy (non-hydrogen) atoms. The SMILES string of the molecule is C[C@]12CC[C@H]3[C@@H](CCC4CC=CC[C@@H]43)[C@@H]1CC[C@H]2C#COC(=O)Cc1ccccc1. The van der Waals surface area contributed by atoms with Crippen LogP contribution in [0.25, 0.3) is 0 Å². The molecule has 0 bridgehead atoms. The van der Waals surface area contributed by atoms with E-state index in [9.17, 15) is 4.79 Å². The molecule has 1 aromatic rings. The lowest BCUT2D eigenvalue weighted by molar-refractivity contribution is -0.136. The van der Waals surface area contributed by atoms with Crippen molar-refractivity contribution in [2.45, 2.75) is 64.7 Å². The zero-order valence-electron chi connectivity index (χ0n) is 18.2. The molecule has 3 saturated carbocycles. The maximum absolute atomic E-state index is 12.1. The molecule has 158 valence electrons. The van der Waals surface area contributed by atoms with E-state index in [0.717, 1.165) is 35.2 Å². The third-order valence-electron chi connectivity index (χ3n) is 9.12. The first kappa shape index (κ1) is 19.9. The molecule has 0 saturated heterocycles. The second-order valence-corrected chi connectivity index (χ2v) is 10.4. The van der Waals surface area contributed by atoms with Gasteiger partial charge >= 0.3 is 5.97 Å². The molecular formula is C28H34O2. The summed E-state index contributed by atoms with van der Waals surface area (Å²) in [4.78, 5) is 12.1. The topological polar surface area (TPSA) is 26.3 Å². The number of carbonyl (C=O) groups is 1. The van der Waals surface area contributed by atoms with Gasteiger partial charge in [0.2, 0.25) is 0 Å². The predicted molar refractivity (Wildman–Crippen MR) is 119 cm³/mol. The molecular weight excluding hydrogens is 368 g/mol. The van der Waals surface area contributed by atoms with Gasteiger partial charge in [-0.3, -0.25) is 4.79 Å². The first-order chi connectivity index (χ1) is 14.6. The van der Waals surface area contributed by atoms with Gasteiger partial charge in [0.25, 0.3) is 0 Å². The quantitative estimate of drug-likeness (QED) is 0.336. The van der Waals surface area contributed by atoms with Gasteiger partial charge in [0.1, 0.15) is 6.11 Å². The van der Waals surface area contributed by atoms with Gasteiger partial charge in [-0.15, -0.1) is 0 Å². The minimum atomic E-state index is -0.249. The Morgan fingerprint density at radius 1 is 1.00 bits per heavy atom. The number of esters is 1. The van der Waals surface area contributed by atoms with E-state index in [-0.39, 0.29) is 5.97 Å². The van der Waals surface area contributed by atoms with E-state index in [4.69, 9.17) is 4.74 Å². The van der Waals surface area contributed by atoms with Gasteiger partial charge in [-0.05, 0) is 91.9 Å². The van der Waals surface area contributed by atoms with E-state index in [0.29, 0.717) is 17.8 Å². The van der Waals surface area contributed by atoms with Gasteiger partial charge in [-0.25, -0.2) is 0 Å². The van der Waals surface area contributed by atoms with Crippen molar-refractivity contribution >= 4 is 5.97 Å². The average Bonchev–Trinajstić information content (AvgIpc) is 3.11. The highest BCUT2D eigenvalue weighted by atomic mass is 16.5. The standard InChI is InChI=1S/C28H34O2/c1-28-17-15-24-23-10-6-5-9-21(23)11-13-25(24)26(28)14-12-22(28)16-18-30-27(29)19-20-7-3-2-4-8-20/h2-8,21-26H,9-15,17,19H2,1H3/t21?,22-,23-,24+,25+,26-,28+/m0/s1. The van der Waals surface area contributed by atoms with E-state index in [1.807, 2.05) is 30.3 Å². The third-order valence-corrected chi connectivity index (χ3v) is 9.12. The summed E-state index contributed by atoms with van der Waals surface area (Å²) in [5, 5.41) is 0. The number of rotatable bonds is 2. The highest BCUT2D eigenvalue weighted by Crippen LogP contribution is 2.63. The lowest BCUT2D eigenvalue weighted by Crippen LogP contribution is -2.47. The fourth-order valence-corrected chi connectivity index (χ4v) is 7.61. The average molecular weight is 403 g/mol. The predicted octanol–water partition coefficient (Wildman–Crippen LogP) is 6.17. The molecule has 2 heteroatoms. The number of hydrogen-bond acceptors (Lipinski definition) is 2. The molecule has 0 N–H and O–H groups in total. The van der Waals surface area contributed by atoms with E-state index in [1.165, 1.54) is 51.4 Å². The summed E-state index contributed by atoms with van der Waals surface area (Å²) in [5.41, 5.74) is 1.28. The molecule has 5 rings (SSSR count). The smallest absolute Gasteiger partial charge is 0.324 e. The Balaban J connectivity index is 1.23. The number of fused-ring (bicyclic) bond motifs is 5. The minimum absolute atomic E-state index is 0.249. The van der Waals surface area contributed by atoms with Crippen LogP contribution in [0.15, 0.2) is 42.5 Å². The summed E-state index contributed by atoms with van der Waals surface area (Å²) in [6.45, 7) is 2.49. The van der Waals surface area contributed by atoms with Crippen molar-refractivity contribution in [1.82, 2.24) is 0 Å². The molecule has 3 fully saturated rings. The lowest BCUT2D eigenvalue weighted by Gasteiger charge is -2.54. The molecule has 1 unspecified atom stereocenters. The number of carbonyl (C=O) groups excluding carboxylic acids is 1. The van der Waals surface area contributed by atoms with Crippen LogP contribution in [0.4, 0.5) is 0 Å². The zero-order valence-corrected chi connectivity index (χ0v) is 18.2. The summed E-state index contributed by atoms with van der Waals surface area (Å²) in [7, 11) is 0. The van der Waals surface area contributed by atoms with Crippen LogP contribution in [0.5, 0.6) is 0 Å². The Hall–Kier alpha value is -2.01. The van der Waals surface area contributed by atoms with Crippen LogP contribution < -0.4 is 0 Å². The van der Waals surface area contributed by atoms with Crippen molar-refractivity contribution in [1.29, 1.82) is 0 Å². The Morgan fingerprint density at radius 2 is 1.83 bits per heavy atom. The van der Waals surface area contributed by atoms with Crippen molar-refractivity contribution in [2.24, 2.45) is 40.9 Å². The minimum Gasteiger partial charge on any atom is -0.372 e. The highest BCUT2D eigenvalue weighted by molar-refractivity contribution is 5.73. The molecule has 4 aliphatic rings. The molecule has 0 aliphatic heterocycles. The van der Waals surface area contributed by atoms with Crippen molar-refractivity contribution in [3.8, 4) is 12.0 Å². The molecule has 4 aliphatic carbocycles. The summed E-state index contributed by atoms with van der Waals surface area (Å²) in [5.74, 6) is 8.02. The Labute approximate surface area is 181 Å². The van der Waals surface area contributed by atoms with Crippen LogP contribution in [0.1, 0.15) is 63.9 Å². The van der Waals surface area contributed by atoms with Crippen LogP contribution in [0, 0.1) is 52.9 Å². The van der Waals surface area contributed by atoms with Crippen molar-refractivity contribution < 1.29 is 9.53 Å². The van der Waals surface area contributed by atoms with E-state index >= 15 is 0 Å². The Morgan fingerprint density at radius 3 is 2.70 bits per heavy atom. The monoisotopic (exact) mass is 402 g/mol. The second kappa shape index (κ2) is 8.26. The molecule has 2 nitrogen and oxygen atoms in total.